The molecule has 4 rings (SSSR count). The van der Waals surface area contributed by atoms with Crippen LogP contribution in [0.1, 0.15) is 5.56 Å². The van der Waals surface area contributed by atoms with Crippen molar-refractivity contribution in [3.8, 4) is 0 Å². The molecule has 106 valence electrons. The molecule has 0 amide bonds. The molecule has 0 fully saturated rings. The molecule has 0 aromatic heterocycles. The average molecular weight is 285 g/mol. The molecule has 0 radical (unpaired) electrons. The van der Waals surface area contributed by atoms with E-state index >= 15 is 0 Å². The van der Waals surface area contributed by atoms with Gasteiger partial charge < -0.3 is 10.6 Å². The van der Waals surface area contributed by atoms with Crippen LogP contribution in [0.5, 0.6) is 0 Å². The standard InChI is InChI=1S/C19H15N3/c1-2-8-14(9-3-1)20-19-15-10-4-5-11-16(15)21-17-12-6-7-13-18(17)22-19/h1-13,21H,(H,20,22). The van der Waals surface area contributed by atoms with Crippen molar-refractivity contribution in [1.29, 1.82) is 0 Å². The summed E-state index contributed by atoms with van der Waals surface area (Å²) < 4.78 is 0. The van der Waals surface area contributed by atoms with Crippen LogP contribution >= 0.6 is 0 Å². The summed E-state index contributed by atoms with van der Waals surface area (Å²) in [6.07, 6.45) is 0. The zero-order valence-corrected chi connectivity index (χ0v) is 12.0. The molecule has 1 aliphatic rings. The van der Waals surface area contributed by atoms with Gasteiger partial charge in [0, 0.05) is 16.9 Å². The fourth-order valence-electron chi connectivity index (χ4n) is 2.55. The normalized spacial score (nSPS) is 12.3. The van der Waals surface area contributed by atoms with E-state index in [4.69, 9.17) is 4.99 Å². The van der Waals surface area contributed by atoms with E-state index in [2.05, 4.69) is 22.8 Å². The summed E-state index contributed by atoms with van der Waals surface area (Å²) in [7, 11) is 0. The molecule has 3 heteroatoms. The van der Waals surface area contributed by atoms with Gasteiger partial charge in [0.1, 0.15) is 5.84 Å². The summed E-state index contributed by atoms with van der Waals surface area (Å²) in [6.45, 7) is 0. The van der Waals surface area contributed by atoms with Crippen molar-refractivity contribution in [2.45, 2.75) is 0 Å². The van der Waals surface area contributed by atoms with Crippen LogP contribution in [0, 0.1) is 0 Å². The van der Waals surface area contributed by atoms with E-state index in [9.17, 15) is 0 Å². The average Bonchev–Trinajstić information content (AvgIpc) is 2.72. The minimum absolute atomic E-state index is 0.847. The number of anilines is 3. The Bertz CT molecular complexity index is 838. The number of aliphatic imine (C=N–C) groups is 1. The Balaban J connectivity index is 1.85. The quantitative estimate of drug-likeness (QED) is 0.664. The molecular formula is C19H15N3. The van der Waals surface area contributed by atoms with Crippen molar-refractivity contribution in [3.63, 3.8) is 0 Å². The fourth-order valence-corrected chi connectivity index (χ4v) is 2.55. The highest BCUT2D eigenvalue weighted by atomic mass is 15.0. The molecule has 0 unspecified atom stereocenters. The number of benzene rings is 3. The Kier molecular flexibility index (Phi) is 3.09. The van der Waals surface area contributed by atoms with Crippen LogP contribution in [-0.4, -0.2) is 5.84 Å². The summed E-state index contributed by atoms with van der Waals surface area (Å²) in [5.74, 6) is 0.847. The molecule has 22 heavy (non-hydrogen) atoms. The molecule has 0 saturated carbocycles. The van der Waals surface area contributed by atoms with Gasteiger partial charge in [-0.2, -0.15) is 0 Å². The molecule has 2 N–H and O–H groups in total. The van der Waals surface area contributed by atoms with Crippen molar-refractivity contribution >= 4 is 28.6 Å². The first-order valence-corrected chi connectivity index (χ1v) is 7.26. The molecule has 0 saturated heterocycles. The summed E-state index contributed by atoms with van der Waals surface area (Å²) >= 11 is 0. The van der Waals surface area contributed by atoms with Gasteiger partial charge >= 0.3 is 0 Å². The molecule has 3 nitrogen and oxygen atoms in total. The van der Waals surface area contributed by atoms with Gasteiger partial charge in [0.15, 0.2) is 0 Å². The molecular weight excluding hydrogens is 270 g/mol. The van der Waals surface area contributed by atoms with Crippen LogP contribution in [-0.2, 0) is 0 Å². The largest absolute Gasteiger partial charge is 0.353 e. The Labute approximate surface area is 129 Å². The number of para-hydroxylation sites is 4. The van der Waals surface area contributed by atoms with Gasteiger partial charge in [-0.05, 0) is 36.4 Å². The van der Waals surface area contributed by atoms with Gasteiger partial charge in [0.25, 0.3) is 0 Å². The van der Waals surface area contributed by atoms with Crippen LogP contribution < -0.4 is 10.6 Å². The first kappa shape index (κ1) is 12.7. The second-order valence-electron chi connectivity index (χ2n) is 5.14. The van der Waals surface area contributed by atoms with Crippen LogP contribution in [0.4, 0.5) is 22.7 Å². The summed E-state index contributed by atoms with van der Waals surface area (Å²) in [4.78, 5) is 4.82. The number of nitrogens with zero attached hydrogens (tertiary/aromatic N) is 1. The summed E-state index contributed by atoms with van der Waals surface area (Å²) in [5.41, 5.74) is 5.07. The molecule has 3 aromatic rings. The van der Waals surface area contributed by atoms with Crippen molar-refractivity contribution in [3.05, 3.63) is 84.4 Å². The van der Waals surface area contributed by atoms with Gasteiger partial charge in [-0.15, -0.1) is 0 Å². The zero-order valence-electron chi connectivity index (χ0n) is 12.0. The Morgan fingerprint density at radius 3 is 2.23 bits per heavy atom. The van der Waals surface area contributed by atoms with E-state index in [-0.39, 0.29) is 0 Å². The predicted octanol–water partition coefficient (Wildman–Crippen LogP) is 4.93. The van der Waals surface area contributed by atoms with E-state index < -0.39 is 0 Å². The highest BCUT2D eigenvalue weighted by molar-refractivity contribution is 6.14. The smallest absolute Gasteiger partial charge is 0.140 e. The Morgan fingerprint density at radius 2 is 1.36 bits per heavy atom. The van der Waals surface area contributed by atoms with Crippen molar-refractivity contribution in [1.82, 2.24) is 0 Å². The molecule has 0 aliphatic carbocycles. The maximum atomic E-state index is 4.82. The number of hydrogen-bond donors (Lipinski definition) is 2. The zero-order chi connectivity index (χ0) is 14.8. The summed E-state index contributed by atoms with van der Waals surface area (Å²) in [6, 6.07) is 26.4. The maximum Gasteiger partial charge on any atom is 0.140 e. The number of hydrogen-bond acceptors (Lipinski definition) is 3. The van der Waals surface area contributed by atoms with E-state index in [1.54, 1.807) is 0 Å². The second-order valence-corrected chi connectivity index (χ2v) is 5.14. The van der Waals surface area contributed by atoms with Gasteiger partial charge in [-0.1, -0.05) is 42.5 Å². The lowest BCUT2D eigenvalue weighted by atomic mass is 10.1. The van der Waals surface area contributed by atoms with Crippen LogP contribution in [0.15, 0.2) is 83.9 Å². The number of nitrogens with one attached hydrogen (secondary N) is 2. The SMILES string of the molecule is c1ccc(NC2=Nc3ccccc3Nc3ccccc32)cc1. The van der Waals surface area contributed by atoms with E-state index in [1.807, 2.05) is 66.7 Å². The van der Waals surface area contributed by atoms with Crippen LogP contribution in [0.2, 0.25) is 0 Å². The van der Waals surface area contributed by atoms with Gasteiger partial charge in [0.2, 0.25) is 0 Å². The second kappa shape index (κ2) is 5.37. The molecule has 0 atom stereocenters. The van der Waals surface area contributed by atoms with E-state index in [0.29, 0.717) is 0 Å². The van der Waals surface area contributed by atoms with Gasteiger partial charge in [0.05, 0.1) is 11.4 Å². The highest BCUT2D eigenvalue weighted by Crippen LogP contribution is 2.33. The predicted molar refractivity (Wildman–Crippen MR) is 92.4 cm³/mol. The third kappa shape index (κ3) is 2.33. The first-order valence-electron chi connectivity index (χ1n) is 7.26. The lowest BCUT2D eigenvalue weighted by molar-refractivity contribution is 1.49. The monoisotopic (exact) mass is 285 g/mol. The molecule has 1 aliphatic heterocycles. The third-order valence-electron chi connectivity index (χ3n) is 3.62. The van der Waals surface area contributed by atoms with Crippen LogP contribution in [0.3, 0.4) is 0 Å². The molecule has 1 heterocycles. The van der Waals surface area contributed by atoms with E-state index in [0.717, 1.165) is 34.1 Å². The topological polar surface area (TPSA) is 36.4 Å². The Hall–Kier alpha value is -3.07. The third-order valence-corrected chi connectivity index (χ3v) is 3.62. The lowest BCUT2D eigenvalue weighted by Crippen LogP contribution is -2.13. The molecule has 0 bridgehead atoms. The van der Waals surface area contributed by atoms with E-state index in [1.165, 1.54) is 0 Å². The lowest BCUT2D eigenvalue weighted by Gasteiger charge is -2.12. The van der Waals surface area contributed by atoms with Gasteiger partial charge in [-0.3, -0.25) is 0 Å². The van der Waals surface area contributed by atoms with Crippen LogP contribution in [0.25, 0.3) is 0 Å². The first-order chi connectivity index (χ1) is 10.9. The highest BCUT2D eigenvalue weighted by Gasteiger charge is 2.15. The van der Waals surface area contributed by atoms with Crippen molar-refractivity contribution < 1.29 is 0 Å². The Morgan fingerprint density at radius 1 is 0.682 bits per heavy atom. The van der Waals surface area contributed by atoms with Gasteiger partial charge in [-0.25, -0.2) is 4.99 Å². The number of fused-ring (bicyclic) bond motifs is 2. The minimum atomic E-state index is 0.847. The summed E-state index contributed by atoms with van der Waals surface area (Å²) in [5, 5.41) is 6.89. The number of rotatable bonds is 1. The molecule has 0 spiro atoms. The van der Waals surface area contributed by atoms with Crippen molar-refractivity contribution in [2.75, 3.05) is 10.6 Å². The molecule has 3 aromatic carbocycles. The fraction of sp³-hybridized carbons (Fsp3) is 0. The minimum Gasteiger partial charge on any atom is -0.353 e. The maximum absolute atomic E-state index is 4.82. The number of amidine groups is 1. The van der Waals surface area contributed by atoms with Crippen molar-refractivity contribution in [2.24, 2.45) is 4.99 Å².